The molecule has 0 amide bonds. The first-order valence-corrected chi connectivity index (χ1v) is 5.62. The highest BCUT2D eigenvalue weighted by molar-refractivity contribution is 9.10. The van der Waals surface area contributed by atoms with Crippen LogP contribution in [0.4, 0.5) is 4.39 Å². The molecule has 0 aliphatic carbocycles. The molecule has 0 saturated carbocycles. The maximum absolute atomic E-state index is 13.5. The van der Waals surface area contributed by atoms with E-state index in [1.54, 1.807) is 30.3 Å². The Morgan fingerprint density at radius 1 is 1.29 bits per heavy atom. The molecule has 0 unspecified atom stereocenters. The van der Waals surface area contributed by atoms with Gasteiger partial charge in [-0.25, -0.2) is 4.39 Å². The van der Waals surface area contributed by atoms with Crippen molar-refractivity contribution >= 4 is 27.6 Å². The van der Waals surface area contributed by atoms with Crippen LogP contribution in [0.5, 0.6) is 0 Å². The zero-order valence-electron chi connectivity index (χ0n) is 8.65. The maximum Gasteiger partial charge on any atom is 0.169 e. The van der Waals surface area contributed by atoms with E-state index in [2.05, 4.69) is 15.9 Å². The van der Waals surface area contributed by atoms with Crippen molar-refractivity contribution in [3.63, 3.8) is 0 Å². The summed E-state index contributed by atoms with van der Waals surface area (Å²) in [6.07, 6.45) is 1.50. The van der Waals surface area contributed by atoms with Crippen LogP contribution in [0.25, 0.3) is 11.6 Å². The molecule has 2 rings (SSSR count). The highest BCUT2D eigenvalue weighted by Gasteiger charge is 2.07. The van der Waals surface area contributed by atoms with E-state index in [1.165, 1.54) is 12.1 Å². The molecule has 2 nitrogen and oxygen atoms in total. The number of allylic oxidation sites excluding steroid dienone is 1. The van der Waals surface area contributed by atoms with Crippen LogP contribution >= 0.6 is 15.9 Å². The van der Waals surface area contributed by atoms with Crippen LogP contribution in [0.2, 0.25) is 0 Å². The lowest BCUT2D eigenvalue weighted by atomic mass is 10.1. The van der Waals surface area contributed by atoms with E-state index in [-0.39, 0.29) is 11.1 Å². The van der Waals surface area contributed by atoms with Crippen molar-refractivity contribution in [2.24, 2.45) is 0 Å². The fourth-order valence-corrected chi connectivity index (χ4v) is 1.72. The van der Waals surface area contributed by atoms with Gasteiger partial charge in [0.2, 0.25) is 0 Å². The monoisotopic (exact) mass is 291 g/mol. The van der Waals surface area contributed by atoms with E-state index in [4.69, 9.17) is 9.68 Å². The first-order chi connectivity index (χ1) is 8.20. The zero-order valence-corrected chi connectivity index (χ0v) is 10.2. The Morgan fingerprint density at radius 2 is 2.06 bits per heavy atom. The minimum absolute atomic E-state index is 0.227. The molecule has 0 atom stereocenters. The first kappa shape index (κ1) is 11.6. The van der Waals surface area contributed by atoms with E-state index in [1.807, 2.05) is 6.07 Å². The van der Waals surface area contributed by atoms with E-state index in [0.717, 1.165) is 0 Å². The smallest absolute Gasteiger partial charge is 0.169 e. The average Bonchev–Trinajstić information content (AvgIpc) is 2.73. The Labute approximate surface area is 106 Å². The second-order valence-corrected chi connectivity index (χ2v) is 4.07. The van der Waals surface area contributed by atoms with Crippen LogP contribution in [0.15, 0.2) is 45.5 Å². The summed E-state index contributed by atoms with van der Waals surface area (Å²) < 4.78 is 19.3. The Balaban J connectivity index is 2.45. The van der Waals surface area contributed by atoms with Gasteiger partial charge in [-0.2, -0.15) is 5.26 Å². The SMILES string of the molecule is N#C/C(=C/c1ccc(Br)o1)c1ccccc1F. The van der Waals surface area contributed by atoms with Crippen LogP contribution in [0, 0.1) is 17.1 Å². The number of hydrogen-bond donors (Lipinski definition) is 0. The average molecular weight is 292 g/mol. The normalized spacial score (nSPS) is 11.2. The lowest BCUT2D eigenvalue weighted by molar-refractivity contribution is 0.532. The second kappa shape index (κ2) is 4.98. The molecule has 1 heterocycles. The minimum atomic E-state index is -0.425. The van der Waals surface area contributed by atoms with Crippen molar-refractivity contribution in [3.05, 3.63) is 58.2 Å². The molecule has 0 spiro atoms. The zero-order chi connectivity index (χ0) is 12.3. The van der Waals surface area contributed by atoms with Gasteiger partial charge in [0.05, 0.1) is 11.6 Å². The van der Waals surface area contributed by atoms with Crippen molar-refractivity contribution in [1.29, 1.82) is 5.26 Å². The molecule has 84 valence electrons. The summed E-state index contributed by atoms with van der Waals surface area (Å²) in [6, 6.07) is 11.5. The third-order valence-electron chi connectivity index (χ3n) is 2.17. The summed E-state index contributed by atoms with van der Waals surface area (Å²) in [7, 11) is 0. The second-order valence-electron chi connectivity index (χ2n) is 3.29. The summed E-state index contributed by atoms with van der Waals surface area (Å²) in [6.45, 7) is 0. The van der Waals surface area contributed by atoms with Gasteiger partial charge in [0, 0.05) is 5.56 Å². The van der Waals surface area contributed by atoms with Crippen molar-refractivity contribution in [1.82, 2.24) is 0 Å². The number of halogens is 2. The predicted molar refractivity (Wildman–Crippen MR) is 66.3 cm³/mol. The Kier molecular flexibility index (Phi) is 3.40. The van der Waals surface area contributed by atoms with Gasteiger partial charge in [-0.1, -0.05) is 18.2 Å². The highest BCUT2D eigenvalue weighted by Crippen LogP contribution is 2.22. The summed E-state index contributed by atoms with van der Waals surface area (Å²) in [5.74, 6) is 0.0719. The van der Waals surface area contributed by atoms with Crippen molar-refractivity contribution < 1.29 is 8.81 Å². The Bertz CT molecular complexity index is 610. The van der Waals surface area contributed by atoms with Gasteiger partial charge >= 0.3 is 0 Å². The largest absolute Gasteiger partial charge is 0.450 e. The topological polar surface area (TPSA) is 36.9 Å². The third-order valence-corrected chi connectivity index (χ3v) is 2.59. The lowest BCUT2D eigenvalue weighted by Gasteiger charge is -1.99. The molecule has 17 heavy (non-hydrogen) atoms. The summed E-state index contributed by atoms with van der Waals surface area (Å²) >= 11 is 3.16. The van der Waals surface area contributed by atoms with Crippen LogP contribution < -0.4 is 0 Å². The molecule has 0 aliphatic rings. The maximum atomic E-state index is 13.5. The fourth-order valence-electron chi connectivity index (χ4n) is 1.40. The van der Waals surface area contributed by atoms with E-state index in [0.29, 0.717) is 10.4 Å². The van der Waals surface area contributed by atoms with Gasteiger partial charge in [0.1, 0.15) is 11.6 Å². The van der Waals surface area contributed by atoms with Crippen LogP contribution in [-0.4, -0.2) is 0 Å². The predicted octanol–water partition coefficient (Wildman–Crippen LogP) is 4.25. The van der Waals surface area contributed by atoms with Crippen molar-refractivity contribution in [2.75, 3.05) is 0 Å². The van der Waals surface area contributed by atoms with Gasteiger partial charge in [-0.05, 0) is 40.2 Å². The molecule has 1 aromatic heterocycles. The van der Waals surface area contributed by atoms with Crippen LogP contribution in [-0.2, 0) is 0 Å². The van der Waals surface area contributed by atoms with E-state index in [9.17, 15) is 4.39 Å². The number of benzene rings is 1. The Morgan fingerprint density at radius 3 is 2.65 bits per heavy atom. The molecule has 0 fully saturated rings. The molecule has 0 aliphatic heterocycles. The number of furan rings is 1. The molecule has 0 radical (unpaired) electrons. The lowest BCUT2D eigenvalue weighted by Crippen LogP contribution is -1.86. The minimum Gasteiger partial charge on any atom is -0.450 e. The Hall–Kier alpha value is -1.86. The number of hydrogen-bond acceptors (Lipinski definition) is 2. The van der Waals surface area contributed by atoms with E-state index < -0.39 is 5.82 Å². The van der Waals surface area contributed by atoms with Gasteiger partial charge in [0.25, 0.3) is 0 Å². The third kappa shape index (κ3) is 2.63. The number of nitrogens with zero attached hydrogens (tertiary/aromatic N) is 1. The summed E-state index contributed by atoms with van der Waals surface area (Å²) in [5.41, 5.74) is 0.493. The molecule has 4 heteroatoms. The van der Waals surface area contributed by atoms with Crippen LogP contribution in [0.1, 0.15) is 11.3 Å². The fraction of sp³-hybridized carbons (Fsp3) is 0. The molecule has 0 bridgehead atoms. The molecule has 0 saturated heterocycles. The standard InChI is InChI=1S/C13H7BrFNO/c14-13-6-5-10(17-13)7-9(8-16)11-3-1-2-4-12(11)15/h1-7H/b9-7-. The van der Waals surface area contributed by atoms with Gasteiger partial charge < -0.3 is 4.42 Å². The van der Waals surface area contributed by atoms with Crippen LogP contribution in [0.3, 0.4) is 0 Å². The van der Waals surface area contributed by atoms with Crippen molar-refractivity contribution in [3.8, 4) is 6.07 Å². The molecular formula is C13H7BrFNO. The number of nitriles is 1. The number of rotatable bonds is 2. The van der Waals surface area contributed by atoms with Gasteiger partial charge in [-0.15, -0.1) is 0 Å². The van der Waals surface area contributed by atoms with Gasteiger partial charge in [0.15, 0.2) is 4.67 Å². The quantitative estimate of drug-likeness (QED) is 0.776. The van der Waals surface area contributed by atoms with Crippen molar-refractivity contribution in [2.45, 2.75) is 0 Å². The first-order valence-electron chi connectivity index (χ1n) is 4.83. The molecular weight excluding hydrogens is 285 g/mol. The molecule has 2 aromatic rings. The summed E-state index contributed by atoms with van der Waals surface area (Å²) in [5, 5.41) is 9.03. The molecule has 1 aromatic carbocycles. The molecule has 0 N–H and O–H groups in total. The summed E-state index contributed by atoms with van der Waals surface area (Å²) in [4.78, 5) is 0. The highest BCUT2D eigenvalue weighted by atomic mass is 79.9. The van der Waals surface area contributed by atoms with E-state index >= 15 is 0 Å². The van der Waals surface area contributed by atoms with Gasteiger partial charge in [-0.3, -0.25) is 0 Å².